The van der Waals surface area contributed by atoms with Crippen LogP contribution in [0.25, 0.3) is 0 Å². The summed E-state index contributed by atoms with van der Waals surface area (Å²) in [4.78, 5) is 0.191. The Bertz CT molecular complexity index is 518. The molecule has 7 heteroatoms. The van der Waals surface area contributed by atoms with Crippen LogP contribution < -0.4 is 14.8 Å². The maximum Gasteiger partial charge on any atom is 0.244 e. The number of hydrogen-bond acceptors (Lipinski definition) is 5. The highest BCUT2D eigenvalue weighted by Crippen LogP contribution is 2.24. The molecule has 0 fully saturated rings. The van der Waals surface area contributed by atoms with Gasteiger partial charge in [-0.15, -0.1) is 0 Å². The summed E-state index contributed by atoms with van der Waals surface area (Å²) in [5, 5.41) is 3.17. The lowest BCUT2D eigenvalue weighted by Crippen LogP contribution is -2.26. The van der Waals surface area contributed by atoms with Crippen LogP contribution in [0.5, 0.6) is 5.75 Å². The van der Waals surface area contributed by atoms with E-state index in [2.05, 4.69) is 10.0 Å². The van der Waals surface area contributed by atoms with Crippen LogP contribution in [0, 0.1) is 0 Å². The maximum absolute atomic E-state index is 12.3. The summed E-state index contributed by atoms with van der Waals surface area (Å²) in [6, 6.07) is 5.21. The fraction of sp³-hybridized carbons (Fsp3) is 0.538. The lowest BCUT2D eigenvalue weighted by molar-refractivity contribution is 0.402. The summed E-state index contributed by atoms with van der Waals surface area (Å²) in [5.74, 6) is 1.10. The third-order valence-corrected chi connectivity index (χ3v) is 4.79. The Morgan fingerprint density at radius 3 is 2.70 bits per heavy atom. The van der Waals surface area contributed by atoms with E-state index < -0.39 is 10.0 Å². The predicted molar refractivity (Wildman–Crippen MR) is 83.9 cm³/mol. The Balaban J connectivity index is 3.00. The minimum atomic E-state index is -3.54. The first-order valence-electron chi connectivity index (χ1n) is 6.41. The number of hydrogen-bond donors (Lipinski definition) is 2. The Hall–Kier alpha value is -0.760. The molecule has 1 aromatic rings. The van der Waals surface area contributed by atoms with Crippen molar-refractivity contribution in [1.82, 2.24) is 10.0 Å². The van der Waals surface area contributed by atoms with Crippen molar-refractivity contribution in [2.75, 3.05) is 32.2 Å². The molecule has 1 rings (SSSR count). The average molecular weight is 318 g/mol. The number of sulfonamides is 1. The molecule has 0 amide bonds. The van der Waals surface area contributed by atoms with Crippen molar-refractivity contribution in [3.05, 3.63) is 23.8 Å². The molecule has 0 heterocycles. The smallest absolute Gasteiger partial charge is 0.244 e. The molecule has 20 heavy (non-hydrogen) atoms. The van der Waals surface area contributed by atoms with Gasteiger partial charge in [0.25, 0.3) is 0 Å². The zero-order valence-corrected chi connectivity index (χ0v) is 13.7. The van der Waals surface area contributed by atoms with Crippen molar-refractivity contribution < 1.29 is 13.2 Å². The van der Waals surface area contributed by atoms with Gasteiger partial charge in [0.15, 0.2) is 0 Å². The minimum Gasteiger partial charge on any atom is -0.495 e. The average Bonchev–Trinajstić information content (AvgIpc) is 2.45. The van der Waals surface area contributed by atoms with Gasteiger partial charge in [0.05, 0.1) is 7.11 Å². The monoisotopic (exact) mass is 318 g/mol. The molecule has 0 saturated heterocycles. The van der Waals surface area contributed by atoms with Crippen LogP contribution in [0.15, 0.2) is 23.1 Å². The normalized spacial score (nSPS) is 11.6. The van der Waals surface area contributed by atoms with Crippen LogP contribution in [0.4, 0.5) is 0 Å². The summed E-state index contributed by atoms with van der Waals surface area (Å²) in [5.41, 5.74) is 0.915. The van der Waals surface area contributed by atoms with Gasteiger partial charge in [0, 0.05) is 18.8 Å². The second-order valence-electron chi connectivity index (χ2n) is 4.16. The molecule has 0 bridgehead atoms. The zero-order chi connectivity index (χ0) is 15.0. The van der Waals surface area contributed by atoms with Crippen LogP contribution in [0.1, 0.15) is 12.5 Å². The molecule has 0 aliphatic rings. The lowest BCUT2D eigenvalue weighted by atomic mass is 10.2. The third kappa shape index (κ3) is 4.97. The summed E-state index contributed by atoms with van der Waals surface area (Å²) >= 11 is 1.59. The molecule has 0 atom stereocenters. The summed E-state index contributed by atoms with van der Waals surface area (Å²) in [6.45, 7) is 3.88. The van der Waals surface area contributed by atoms with Gasteiger partial charge < -0.3 is 10.1 Å². The van der Waals surface area contributed by atoms with E-state index in [1.54, 1.807) is 23.9 Å². The molecule has 0 unspecified atom stereocenters. The van der Waals surface area contributed by atoms with E-state index >= 15 is 0 Å². The molecule has 2 N–H and O–H groups in total. The Morgan fingerprint density at radius 2 is 2.10 bits per heavy atom. The molecule has 1 aromatic carbocycles. The highest BCUT2D eigenvalue weighted by atomic mass is 32.2. The standard InChI is InChI=1S/C13H22N2O3S2/c1-4-14-10-11-5-6-12(18-2)13(9-11)20(16,17)15-7-8-19-3/h5-6,9,14-15H,4,7-8,10H2,1-3H3. The highest BCUT2D eigenvalue weighted by Gasteiger charge is 2.19. The van der Waals surface area contributed by atoms with E-state index in [1.807, 2.05) is 19.2 Å². The first kappa shape index (κ1) is 17.3. The molecule has 0 aliphatic heterocycles. The maximum atomic E-state index is 12.3. The van der Waals surface area contributed by atoms with E-state index in [-0.39, 0.29) is 4.90 Å². The number of ether oxygens (including phenoxy) is 1. The van der Waals surface area contributed by atoms with Crippen molar-refractivity contribution in [3.8, 4) is 5.75 Å². The first-order chi connectivity index (χ1) is 9.55. The molecular weight excluding hydrogens is 296 g/mol. The van der Waals surface area contributed by atoms with Gasteiger partial charge >= 0.3 is 0 Å². The first-order valence-corrected chi connectivity index (χ1v) is 9.29. The fourth-order valence-corrected chi connectivity index (χ4v) is 3.35. The van der Waals surface area contributed by atoms with Crippen molar-refractivity contribution in [2.24, 2.45) is 0 Å². The third-order valence-electron chi connectivity index (χ3n) is 2.69. The fourth-order valence-electron chi connectivity index (χ4n) is 1.67. The van der Waals surface area contributed by atoms with Gasteiger partial charge in [-0.05, 0) is 30.5 Å². The zero-order valence-electron chi connectivity index (χ0n) is 12.1. The van der Waals surface area contributed by atoms with Crippen LogP contribution in [0.2, 0.25) is 0 Å². The minimum absolute atomic E-state index is 0.191. The summed E-state index contributed by atoms with van der Waals surface area (Å²) in [7, 11) is -2.07. The number of methoxy groups -OCH3 is 1. The largest absolute Gasteiger partial charge is 0.495 e. The molecule has 0 saturated carbocycles. The summed E-state index contributed by atoms with van der Waals surface area (Å²) < 4.78 is 32.3. The molecule has 114 valence electrons. The van der Waals surface area contributed by atoms with E-state index in [1.165, 1.54) is 7.11 Å². The van der Waals surface area contributed by atoms with Crippen LogP contribution in [-0.2, 0) is 16.6 Å². The topological polar surface area (TPSA) is 67.4 Å². The van der Waals surface area contributed by atoms with E-state index in [9.17, 15) is 8.42 Å². The highest BCUT2D eigenvalue weighted by molar-refractivity contribution is 7.98. The summed E-state index contributed by atoms with van der Waals surface area (Å²) in [6.07, 6.45) is 1.94. The molecule has 0 radical (unpaired) electrons. The van der Waals surface area contributed by atoms with Gasteiger partial charge in [-0.2, -0.15) is 11.8 Å². The molecule has 0 aromatic heterocycles. The van der Waals surface area contributed by atoms with Gasteiger partial charge in [0.2, 0.25) is 10.0 Å². The Morgan fingerprint density at radius 1 is 1.35 bits per heavy atom. The molecule has 0 spiro atoms. The second kappa shape index (κ2) is 8.51. The quantitative estimate of drug-likeness (QED) is 0.675. The van der Waals surface area contributed by atoms with E-state index in [0.717, 1.165) is 17.9 Å². The number of benzene rings is 1. The van der Waals surface area contributed by atoms with Gasteiger partial charge in [0.1, 0.15) is 10.6 Å². The van der Waals surface area contributed by atoms with Crippen LogP contribution >= 0.6 is 11.8 Å². The lowest BCUT2D eigenvalue weighted by Gasteiger charge is -2.12. The van der Waals surface area contributed by atoms with Crippen LogP contribution in [0.3, 0.4) is 0 Å². The Kier molecular flexibility index (Phi) is 7.36. The van der Waals surface area contributed by atoms with Crippen molar-refractivity contribution >= 4 is 21.8 Å². The van der Waals surface area contributed by atoms with Crippen LogP contribution in [-0.4, -0.2) is 40.6 Å². The van der Waals surface area contributed by atoms with Gasteiger partial charge in [-0.25, -0.2) is 13.1 Å². The number of nitrogens with one attached hydrogen (secondary N) is 2. The SMILES string of the molecule is CCNCc1ccc(OC)c(S(=O)(=O)NCCSC)c1. The molecule has 5 nitrogen and oxygen atoms in total. The van der Waals surface area contributed by atoms with E-state index in [4.69, 9.17) is 4.74 Å². The number of thioether (sulfide) groups is 1. The number of rotatable bonds is 9. The van der Waals surface area contributed by atoms with Gasteiger partial charge in [-0.3, -0.25) is 0 Å². The van der Waals surface area contributed by atoms with Gasteiger partial charge in [-0.1, -0.05) is 13.0 Å². The molecular formula is C13H22N2O3S2. The van der Waals surface area contributed by atoms with Crippen molar-refractivity contribution in [1.29, 1.82) is 0 Å². The Labute approximate surface area is 125 Å². The second-order valence-corrected chi connectivity index (χ2v) is 6.88. The van der Waals surface area contributed by atoms with Crippen molar-refractivity contribution in [2.45, 2.75) is 18.4 Å². The molecule has 0 aliphatic carbocycles. The van der Waals surface area contributed by atoms with Crippen molar-refractivity contribution in [3.63, 3.8) is 0 Å². The van der Waals surface area contributed by atoms with E-state index in [0.29, 0.717) is 18.8 Å². The predicted octanol–water partition coefficient (Wildman–Crippen LogP) is 1.45.